The number of fused-ring (bicyclic) bond motifs is 2. The number of thiophene rings is 2. The summed E-state index contributed by atoms with van der Waals surface area (Å²) in [5, 5.41) is 8.61. The van der Waals surface area contributed by atoms with Crippen molar-refractivity contribution in [2.45, 2.75) is 26.3 Å². The molecule has 0 saturated carbocycles. The lowest BCUT2D eigenvalue weighted by Crippen LogP contribution is -2.40. The zero-order valence-electron chi connectivity index (χ0n) is 14.9. The average Bonchev–Trinajstić information content (AvgIpc) is 3.39. The van der Waals surface area contributed by atoms with E-state index in [9.17, 15) is 4.79 Å². The molecule has 0 N–H and O–H groups in total. The fraction of sp³-hybridized carbons (Fsp3) is 0.263. The molecule has 8 heteroatoms. The van der Waals surface area contributed by atoms with Crippen LogP contribution < -0.4 is 0 Å². The van der Waals surface area contributed by atoms with Crippen LogP contribution in [0.2, 0.25) is 0 Å². The van der Waals surface area contributed by atoms with E-state index in [2.05, 4.69) is 38.0 Å². The predicted molar refractivity (Wildman–Crippen MR) is 105 cm³/mol. The van der Waals surface area contributed by atoms with E-state index >= 15 is 0 Å². The van der Waals surface area contributed by atoms with Gasteiger partial charge in [-0.2, -0.15) is 4.98 Å². The molecule has 1 amide bonds. The Bertz CT molecular complexity index is 1140. The van der Waals surface area contributed by atoms with E-state index in [-0.39, 0.29) is 17.8 Å². The van der Waals surface area contributed by atoms with Gasteiger partial charge in [-0.05, 0) is 54.8 Å². The molecule has 6 nitrogen and oxygen atoms in total. The topological polar surface area (TPSA) is 63.4 Å². The second-order valence-electron chi connectivity index (χ2n) is 6.65. The fourth-order valence-electron chi connectivity index (χ4n) is 3.67. The van der Waals surface area contributed by atoms with E-state index in [0.29, 0.717) is 12.3 Å². The van der Waals surface area contributed by atoms with Gasteiger partial charge in [0.25, 0.3) is 11.7 Å². The Morgan fingerprint density at radius 3 is 2.89 bits per heavy atom. The van der Waals surface area contributed by atoms with E-state index in [4.69, 9.17) is 0 Å². The number of hydrogen-bond acceptors (Lipinski definition) is 6. The zero-order chi connectivity index (χ0) is 18.5. The molecule has 0 aliphatic carbocycles. The van der Waals surface area contributed by atoms with Gasteiger partial charge in [0.1, 0.15) is 0 Å². The fourth-order valence-corrected chi connectivity index (χ4v) is 5.43. The van der Waals surface area contributed by atoms with Crippen LogP contribution in [0.3, 0.4) is 0 Å². The Hall–Kier alpha value is -2.58. The van der Waals surface area contributed by atoms with E-state index in [1.54, 1.807) is 27.2 Å². The van der Waals surface area contributed by atoms with Gasteiger partial charge < -0.3 is 4.90 Å². The average molecular weight is 396 g/mol. The lowest BCUT2D eigenvalue weighted by atomic mass is 9.98. The van der Waals surface area contributed by atoms with Crippen molar-refractivity contribution >= 4 is 34.4 Å². The molecule has 0 spiro atoms. The molecule has 1 atom stereocenters. The summed E-state index contributed by atoms with van der Waals surface area (Å²) in [5.74, 6) is 0.529. The van der Waals surface area contributed by atoms with E-state index in [1.165, 1.54) is 10.4 Å². The van der Waals surface area contributed by atoms with Crippen molar-refractivity contribution < 1.29 is 4.79 Å². The van der Waals surface area contributed by atoms with Gasteiger partial charge in [0.05, 0.1) is 6.04 Å². The standard InChI is InChI=1S/C19H17N5OS2/c1-11-10-12(2)24-19(20-11)21-17(22-24)18(25)23-7-5-14-13(6-9-27-14)16(23)15-4-3-8-26-15/h3-4,6,8-10,16H,5,7H2,1-2H3/t16-/m0/s1. The van der Waals surface area contributed by atoms with Gasteiger partial charge in [0, 0.05) is 27.7 Å². The molecule has 5 heterocycles. The van der Waals surface area contributed by atoms with Gasteiger partial charge in [-0.1, -0.05) is 6.07 Å². The molecule has 0 radical (unpaired) electrons. The quantitative estimate of drug-likeness (QED) is 0.520. The van der Waals surface area contributed by atoms with Crippen molar-refractivity contribution in [2.75, 3.05) is 6.54 Å². The SMILES string of the molecule is Cc1cc(C)n2nc(C(=O)N3CCc4sccc4[C@H]3c3cccs3)nc2n1. The summed E-state index contributed by atoms with van der Waals surface area (Å²) >= 11 is 3.44. The molecule has 1 aliphatic heterocycles. The maximum atomic E-state index is 13.4. The summed E-state index contributed by atoms with van der Waals surface area (Å²) < 4.78 is 1.64. The predicted octanol–water partition coefficient (Wildman–Crippen LogP) is 3.65. The molecule has 27 heavy (non-hydrogen) atoms. The van der Waals surface area contributed by atoms with Gasteiger partial charge in [-0.25, -0.2) is 9.50 Å². The van der Waals surface area contributed by atoms with Gasteiger partial charge in [0.2, 0.25) is 5.82 Å². The lowest BCUT2D eigenvalue weighted by Gasteiger charge is -2.34. The number of carbonyl (C=O) groups is 1. The van der Waals surface area contributed by atoms with E-state index in [0.717, 1.165) is 22.7 Å². The minimum absolute atomic E-state index is 0.0742. The lowest BCUT2D eigenvalue weighted by molar-refractivity contribution is 0.0686. The second-order valence-corrected chi connectivity index (χ2v) is 8.63. The van der Waals surface area contributed by atoms with Gasteiger partial charge >= 0.3 is 0 Å². The van der Waals surface area contributed by atoms with Crippen molar-refractivity contribution in [1.29, 1.82) is 0 Å². The molecule has 1 aliphatic rings. The number of rotatable bonds is 2. The summed E-state index contributed by atoms with van der Waals surface area (Å²) in [6, 6.07) is 8.12. The normalized spacial score (nSPS) is 16.7. The summed E-state index contributed by atoms with van der Waals surface area (Å²) in [5.41, 5.74) is 3.00. The highest BCUT2D eigenvalue weighted by Gasteiger charge is 2.35. The third kappa shape index (κ3) is 2.67. The van der Waals surface area contributed by atoms with E-state index in [1.807, 2.05) is 30.9 Å². The van der Waals surface area contributed by atoms with Crippen LogP contribution in [-0.2, 0) is 6.42 Å². The highest BCUT2D eigenvalue weighted by molar-refractivity contribution is 7.10. The smallest absolute Gasteiger partial charge is 0.294 e. The molecule has 0 aromatic carbocycles. The highest BCUT2D eigenvalue weighted by Crippen LogP contribution is 2.39. The summed E-state index contributed by atoms with van der Waals surface area (Å²) in [4.78, 5) is 26.6. The zero-order valence-corrected chi connectivity index (χ0v) is 16.5. The second kappa shape index (κ2) is 6.24. The Labute approximate surface area is 164 Å². The van der Waals surface area contributed by atoms with Gasteiger partial charge in [-0.3, -0.25) is 4.79 Å². The van der Waals surface area contributed by atoms with Crippen LogP contribution in [0.25, 0.3) is 5.78 Å². The van der Waals surface area contributed by atoms with Crippen molar-refractivity contribution in [3.05, 3.63) is 67.6 Å². The van der Waals surface area contributed by atoms with Gasteiger partial charge in [-0.15, -0.1) is 27.8 Å². The van der Waals surface area contributed by atoms with Gasteiger partial charge in [0.15, 0.2) is 0 Å². The van der Waals surface area contributed by atoms with Crippen LogP contribution in [0.1, 0.15) is 43.4 Å². The number of amides is 1. The van der Waals surface area contributed by atoms with Crippen molar-refractivity contribution in [3.63, 3.8) is 0 Å². The Balaban J connectivity index is 1.59. The summed E-state index contributed by atoms with van der Waals surface area (Å²) in [6.45, 7) is 4.52. The first kappa shape index (κ1) is 16.6. The molecular formula is C19H17N5OS2. The number of hydrogen-bond donors (Lipinski definition) is 0. The first-order chi connectivity index (χ1) is 13.1. The van der Waals surface area contributed by atoms with Crippen LogP contribution >= 0.6 is 22.7 Å². The third-order valence-corrected chi connectivity index (χ3v) is 6.77. The Morgan fingerprint density at radius 1 is 1.19 bits per heavy atom. The molecule has 5 rings (SSSR count). The molecule has 4 aromatic rings. The maximum Gasteiger partial charge on any atom is 0.294 e. The minimum atomic E-state index is -0.146. The van der Waals surface area contributed by atoms with Crippen molar-refractivity contribution in [3.8, 4) is 0 Å². The third-order valence-electron chi connectivity index (χ3n) is 4.85. The number of carbonyl (C=O) groups excluding carboxylic acids is 1. The van der Waals surface area contributed by atoms with Crippen LogP contribution in [0.15, 0.2) is 35.0 Å². The molecule has 4 aromatic heterocycles. The molecule has 0 fully saturated rings. The molecule has 0 saturated heterocycles. The number of aryl methyl sites for hydroxylation is 2. The van der Waals surface area contributed by atoms with Crippen LogP contribution in [0, 0.1) is 13.8 Å². The largest absolute Gasteiger partial charge is 0.323 e. The maximum absolute atomic E-state index is 13.4. The monoisotopic (exact) mass is 395 g/mol. The van der Waals surface area contributed by atoms with Crippen LogP contribution in [0.4, 0.5) is 0 Å². The first-order valence-corrected chi connectivity index (χ1v) is 10.5. The first-order valence-electron chi connectivity index (χ1n) is 8.73. The highest BCUT2D eigenvalue weighted by atomic mass is 32.1. The number of aromatic nitrogens is 4. The van der Waals surface area contributed by atoms with Crippen molar-refractivity contribution in [1.82, 2.24) is 24.5 Å². The summed E-state index contributed by atoms with van der Waals surface area (Å²) in [7, 11) is 0. The van der Waals surface area contributed by atoms with Crippen molar-refractivity contribution in [2.24, 2.45) is 0 Å². The van der Waals surface area contributed by atoms with Crippen LogP contribution in [0.5, 0.6) is 0 Å². The molecular weight excluding hydrogens is 378 g/mol. The van der Waals surface area contributed by atoms with E-state index < -0.39 is 0 Å². The summed E-state index contributed by atoms with van der Waals surface area (Å²) in [6.07, 6.45) is 0.865. The molecule has 0 bridgehead atoms. The molecule has 0 unspecified atom stereocenters. The van der Waals surface area contributed by atoms with Crippen LogP contribution in [-0.4, -0.2) is 36.9 Å². The molecule has 136 valence electrons. The Morgan fingerprint density at radius 2 is 2.07 bits per heavy atom. The Kier molecular flexibility index (Phi) is 3.84. The number of nitrogens with zero attached hydrogens (tertiary/aromatic N) is 5. The minimum Gasteiger partial charge on any atom is -0.323 e.